The molecule has 0 aromatic heterocycles. The monoisotopic (exact) mass is 215 g/mol. The lowest BCUT2D eigenvalue weighted by atomic mass is 9.78. The summed E-state index contributed by atoms with van der Waals surface area (Å²) >= 11 is 1.95. The van der Waals surface area contributed by atoms with Crippen LogP contribution in [0.1, 0.15) is 40.0 Å². The van der Waals surface area contributed by atoms with Crippen LogP contribution in [-0.2, 0) is 0 Å². The van der Waals surface area contributed by atoms with Crippen molar-refractivity contribution >= 4 is 11.8 Å². The lowest BCUT2D eigenvalue weighted by molar-refractivity contribution is 0.208. The first-order valence-electron chi connectivity index (χ1n) is 5.91. The highest BCUT2D eigenvalue weighted by Crippen LogP contribution is 2.29. The minimum Gasteiger partial charge on any atom is -0.313 e. The summed E-state index contributed by atoms with van der Waals surface area (Å²) in [7, 11) is 0. The van der Waals surface area contributed by atoms with Gasteiger partial charge in [-0.2, -0.15) is 11.8 Å². The predicted octanol–water partition coefficient (Wildman–Crippen LogP) is 3.15. The van der Waals surface area contributed by atoms with Gasteiger partial charge in [0.25, 0.3) is 0 Å². The van der Waals surface area contributed by atoms with Crippen LogP contribution in [0.15, 0.2) is 0 Å². The third kappa shape index (κ3) is 3.47. The van der Waals surface area contributed by atoms with E-state index in [4.69, 9.17) is 0 Å². The number of hydrogen-bond donors (Lipinski definition) is 1. The molecular weight excluding hydrogens is 190 g/mol. The van der Waals surface area contributed by atoms with E-state index in [1.807, 2.05) is 11.8 Å². The van der Waals surface area contributed by atoms with Crippen LogP contribution in [0, 0.1) is 11.8 Å². The topological polar surface area (TPSA) is 12.0 Å². The van der Waals surface area contributed by atoms with Crippen molar-refractivity contribution in [2.45, 2.75) is 51.3 Å². The average molecular weight is 215 g/mol. The fraction of sp³-hybridized carbons (Fsp3) is 1.00. The molecule has 1 rings (SSSR count). The standard InChI is InChI=1S/C12H25NS/c1-9-6-5-7-12(11(9)3)13-8-10(2)14-4/h9-13H,5-8H2,1-4H3. The molecule has 0 saturated heterocycles. The average Bonchev–Trinajstić information content (AvgIpc) is 2.20. The van der Waals surface area contributed by atoms with Gasteiger partial charge in [0.05, 0.1) is 0 Å². The number of hydrogen-bond acceptors (Lipinski definition) is 2. The SMILES string of the molecule is CSC(C)CNC1CCCC(C)C1C. The largest absolute Gasteiger partial charge is 0.313 e. The van der Waals surface area contributed by atoms with Gasteiger partial charge in [0.15, 0.2) is 0 Å². The molecule has 1 aliphatic rings. The van der Waals surface area contributed by atoms with E-state index in [0.717, 1.165) is 23.1 Å². The van der Waals surface area contributed by atoms with Crippen molar-refractivity contribution in [2.24, 2.45) is 11.8 Å². The van der Waals surface area contributed by atoms with Crippen molar-refractivity contribution in [3.63, 3.8) is 0 Å². The Morgan fingerprint density at radius 1 is 1.36 bits per heavy atom. The molecule has 0 aliphatic heterocycles. The van der Waals surface area contributed by atoms with Gasteiger partial charge in [0, 0.05) is 17.8 Å². The second kappa shape index (κ2) is 6.02. The fourth-order valence-electron chi connectivity index (χ4n) is 2.27. The molecule has 0 spiro atoms. The molecule has 1 aliphatic carbocycles. The molecule has 1 nitrogen and oxygen atoms in total. The van der Waals surface area contributed by atoms with Gasteiger partial charge in [-0.15, -0.1) is 0 Å². The zero-order valence-corrected chi connectivity index (χ0v) is 10.9. The molecule has 14 heavy (non-hydrogen) atoms. The maximum absolute atomic E-state index is 3.73. The Hall–Kier alpha value is 0.310. The molecule has 0 amide bonds. The predicted molar refractivity (Wildman–Crippen MR) is 66.9 cm³/mol. The van der Waals surface area contributed by atoms with Gasteiger partial charge in [-0.05, 0) is 24.5 Å². The smallest absolute Gasteiger partial charge is 0.0141 e. The first kappa shape index (κ1) is 12.4. The number of thioether (sulfide) groups is 1. The van der Waals surface area contributed by atoms with E-state index in [1.165, 1.54) is 25.8 Å². The van der Waals surface area contributed by atoms with Crippen LogP contribution in [0.3, 0.4) is 0 Å². The van der Waals surface area contributed by atoms with Gasteiger partial charge in [0.1, 0.15) is 0 Å². The molecule has 0 aromatic carbocycles. The normalized spacial score (nSPS) is 35.6. The van der Waals surface area contributed by atoms with Crippen LogP contribution >= 0.6 is 11.8 Å². The van der Waals surface area contributed by atoms with Crippen LogP contribution in [-0.4, -0.2) is 24.1 Å². The molecule has 2 heteroatoms. The van der Waals surface area contributed by atoms with E-state index >= 15 is 0 Å². The molecule has 4 unspecified atom stereocenters. The van der Waals surface area contributed by atoms with Crippen LogP contribution in [0.5, 0.6) is 0 Å². The van der Waals surface area contributed by atoms with Gasteiger partial charge in [0.2, 0.25) is 0 Å². The molecule has 84 valence electrons. The highest BCUT2D eigenvalue weighted by atomic mass is 32.2. The molecule has 0 bridgehead atoms. The van der Waals surface area contributed by atoms with Crippen molar-refractivity contribution in [3.8, 4) is 0 Å². The van der Waals surface area contributed by atoms with Crippen molar-refractivity contribution in [1.29, 1.82) is 0 Å². The summed E-state index contributed by atoms with van der Waals surface area (Å²) in [6, 6.07) is 0.772. The zero-order chi connectivity index (χ0) is 10.6. The molecule has 1 N–H and O–H groups in total. The Labute approximate surface area is 93.4 Å². The Bertz CT molecular complexity index is 160. The molecule has 4 atom stereocenters. The van der Waals surface area contributed by atoms with Crippen molar-refractivity contribution in [1.82, 2.24) is 5.32 Å². The molecule has 0 radical (unpaired) electrons. The second-order valence-corrected chi connectivity index (χ2v) is 6.10. The summed E-state index contributed by atoms with van der Waals surface area (Å²) in [5.41, 5.74) is 0. The van der Waals surface area contributed by atoms with Crippen molar-refractivity contribution in [2.75, 3.05) is 12.8 Å². The maximum Gasteiger partial charge on any atom is 0.0141 e. The van der Waals surface area contributed by atoms with Gasteiger partial charge >= 0.3 is 0 Å². The second-order valence-electron chi connectivity index (χ2n) is 4.83. The van der Waals surface area contributed by atoms with Crippen molar-refractivity contribution in [3.05, 3.63) is 0 Å². The highest BCUT2D eigenvalue weighted by Gasteiger charge is 2.26. The quantitative estimate of drug-likeness (QED) is 0.773. The zero-order valence-electron chi connectivity index (χ0n) is 10.0. The summed E-state index contributed by atoms with van der Waals surface area (Å²) in [6.07, 6.45) is 6.42. The maximum atomic E-state index is 3.73. The third-order valence-electron chi connectivity index (χ3n) is 3.78. The van der Waals surface area contributed by atoms with E-state index in [9.17, 15) is 0 Å². The van der Waals surface area contributed by atoms with E-state index in [-0.39, 0.29) is 0 Å². The van der Waals surface area contributed by atoms with Crippen molar-refractivity contribution < 1.29 is 0 Å². The van der Waals surface area contributed by atoms with Gasteiger partial charge in [-0.1, -0.05) is 33.6 Å². The first-order chi connectivity index (χ1) is 6.65. The summed E-state index contributed by atoms with van der Waals surface area (Å²) < 4.78 is 0. The molecular formula is C12H25NS. The number of nitrogens with one attached hydrogen (secondary N) is 1. The highest BCUT2D eigenvalue weighted by molar-refractivity contribution is 7.99. The van der Waals surface area contributed by atoms with Crippen LogP contribution in [0.4, 0.5) is 0 Å². The Balaban J connectivity index is 2.28. The fourth-order valence-corrected chi connectivity index (χ4v) is 2.53. The minimum absolute atomic E-state index is 0.749. The molecule has 0 heterocycles. The minimum atomic E-state index is 0.749. The Kier molecular flexibility index (Phi) is 5.32. The van der Waals surface area contributed by atoms with E-state index in [0.29, 0.717) is 0 Å². The van der Waals surface area contributed by atoms with E-state index in [2.05, 4.69) is 32.3 Å². The lowest BCUT2D eigenvalue weighted by Gasteiger charge is -2.35. The number of rotatable bonds is 4. The van der Waals surface area contributed by atoms with Crippen LogP contribution in [0.25, 0.3) is 0 Å². The van der Waals surface area contributed by atoms with E-state index in [1.54, 1.807) is 0 Å². The lowest BCUT2D eigenvalue weighted by Crippen LogP contribution is -2.42. The Morgan fingerprint density at radius 2 is 2.07 bits per heavy atom. The van der Waals surface area contributed by atoms with Crippen LogP contribution in [0.2, 0.25) is 0 Å². The van der Waals surface area contributed by atoms with E-state index < -0.39 is 0 Å². The molecule has 1 saturated carbocycles. The van der Waals surface area contributed by atoms with Crippen LogP contribution < -0.4 is 5.32 Å². The summed E-state index contributed by atoms with van der Waals surface area (Å²) in [5, 5.41) is 4.48. The summed E-state index contributed by atoms with van der Waals surface area (Å²) in [4.78, 5) is 0. The third-order valence-corrected chi connectivity index (χ3v) is 4.75. The van der Waals surface area contributed by atoms with Gasteiger partial charge in [-0.3, -0.25) is 0 Å². The summed E-state index contributed by atoms with van der Waals surface area (Å²) in [5.74, 6) is 1.77. The molecule has 0 aromatic rings. The van der Waals surface area contributed by atoms with Gasteiger partial charge < -0.3 is 5.32 Å². The molecule has 1 fully saturated rings. The Morgan fingerprint density at radius 3 is 2.71 bits per heavy atom. The van der Waals surface area contributed by atoms with Gasteiger partial charge in [-0.25, -0.2) is 0 Å². The summed E-state index contributed by atoms with van der Waals surface area (Å²) in [6.45, 7) is 8.28. The first-order valence-corrected chi connectivity index (χ1v) is 7.20.